The van der Waals surface area contributed by atoms with Crippen molar-refractivity contribution < 1.29 is 13.6 Å². The van der Waals surface area contributed by atoms with Crippen molar-refractivity contribution in [1.29, 1.82) is 0 Å². The molecule has 1 saturated carbocycles. The van der Waals surface area contributed by atoms with Crippen molar-refractivity contribution in [2.45, 2.75) is 52.0 Å². The molecule has 1 saturated heterocycles. The molecule has 1 amide bonds. The van der Waals surface area contributed by atoms with E-state index in [1.165, 1.54) is 6.20 Å². The number of piperazine rings is 1. The van der Waals surface area contributed by atoms with Crippen LogP contribution in [0.25, 0.3) is 21.8 Å². The fourth-order valence-electron chi connectivity index (χ4n) is 5.37. The number of aryl methyl sites for hydroxylation is 1. The van der Waals surface area contributed by atoms with Crippen LogP contribution < -0.4 is 5.56 Å². The van der Waals surface area contributed by atoms with Crippen LogP contribution in [0, 0.1) is 12.8 Å². The maximum absolute atomic E-state index is 13.6. The van der Waals surface area contributed by atoms with Gasteiger partial charge in [-0.25, -0.2) is 8.78 Å². The normalized spacial score (nSPS) is 19.8. The molecule has 1 N–H and O–H groups in total. The maximum Gasteiger partial charge on any atom is 0.259 e. The average Bonchev–Trinajstić information content (AvgIpc) is 3.24. The second-order valence-corrected chi connectivity index (χ2v) is 9.78. The molecule has 1 aliphatic carbocycles. The number of aromatic nitrogens is 3. The first kappa shape index (κ1) is 23.0. The number of nitrogens with one attached hydrogen (secondary N) is 1. The Morgan fingerprint density at radius 1 is 1.15 bits per heavy atom. The second kappa shape index (κ2) is 8.76. The van der Waals surface area contributed by atoms with Crippen molar-refractivity contribution in [3.05, 3.63) is 39.8 Å². The first-order valence-corrected chi connectivity index (χ1v) is 12.2. The van der Waals surface area contributed by atoms with E-state index in [0.29, 0.717) is 54.5 Å². The maximum atomic E-state index is 13.6. The van der Waals surface area contributed by atoms with E-state index in [4.69, 9.17) is 0 Å². The predicted molar refractivity (Wildman–Crippen MR) is 128 cm³/mol. The van der Waals surface area contributed by atoms with Crippen molar-refractivity contribution >= 4 is 27.7 Å². The minimum absolute atomic E-state index is 0.00456. The molecule has 182 valence electrons. The molecule has 0 radical (unpaired) electrons. The summed E-state index contributed by atoms with van der Waals surface area (Å²) in [6.45, 7) is 8.57. The van der Waals surface area contributed by atoms with Crippen LogP contribution in [-0.4, -0.2) is 69.1 Å². The Labute approximate surface area is 196 Å². The van der Waals surface area contributed by atoms with Gasteiger partial charge in [-0.1, -0.05) is 6.92 Å². The molecule has 2 aliphatic rings. The Morgan fingerprint density at radius 3 is 2.53 bits per heavy atom. The van der Waals surface area contributed by atoms with Crippen LogP contribution in [0.1, 0.15) is 48.5 Å². The molecular weight excluding hydrogens is 440 g/mol. The second-order valence-electron chi connectivity index (χ2n) is 9.78. The fraction of sp³-hybridized carbons (Fsp3) is 0.560. The quantitative estimate of drug-likeness (QED) is 0.628. The monoisotopic (exact) mass is 471 g/mol. The molecule has 1 aromatic carbocycles. The van der Waals surface area contributed by atoms with E-state index in [-0.39, 0.29) is 30.2 Å². The topological polar surface area (TPSA) is 74.2 Å². The molecule has 2 aromatic heterocycles. The number of nitrogens with zero attached hydrogens (tertiary/aromatic N) is 4. The Bertz CT molecular complexity index is 1280. The third-order valence-electron chi connectivity index (χ3n) is 7.56. The number of pyridine rings is 1. The molecule has 5 rings (SSSR count). The molecule has 0 unspecified atom stereocenters. The van der Waals surface area contributed by atoms with Crippen molar-refractivity contribution in [1.82, 2.24) is 24.6 Å². The number of hydrogen-bond donors (Lipinski definition) is 1. The van der Waals surface area contributed by atoms with Crippen LogP contribution >= 0.6 is 0 Å². The van der Waals surface area contributed by atoms with E-state index < -0.39 is 5.92 Å². The van der Waals surface area contributed by atoms with Gasteiger partial charge in [-0.15, -0.1) is 0 Å². The van der Waals surface area contributed by atoms with Gasteiger partial charge in [0.05, 0.1) is 22.6 Å². The van der Waals surface area contributed by atoms with Crippen LogP contribution in [0.5, 0.6) is 0 Å². The van der Waals surface area contributed by atoms with Gasteiger partial charge >= 0.3 is 0 Å². The largest absolute Gasteiger partial charge is 0.336 e. The number of halogens is 2. The van der Waals surface area contributed by atoms with Crippen molar-refractivity contribution in [3.63, 3.8) is 0 Å². The number of alkyl halides is 2. The highest BCUT2D eigenvalue weighted by Gasteiger charge is 2.35. The number of benzene rings is 1. The summed E-state index contributed by atoms with van der Waals surface area (Å²) in [5.41, 5.74) is 2.51. The fourth-order valence-corrected chi connectivity index (χ4v) is 5.37. The Kier molecular flexibility index (Phi) is 5.91. The van der Waals surface area contributed by atoms with Gasteiger partial charge in [-0.3, -0.25) is 14.3 Å². The Balaban J connectivity index is 1.52. The van der Waals surface area contributed by atoms with E-state index in [2.05, 4.69) is 21.9 Å². The number of hydrogen-bond acceptors (Lipinski definition) is 4. The standard InChI is InChI=1S/C25H31F2N5O2/c1-3-30-8-10-31(11-9-30)24(34)18-13-19-21(12-16(18)2)29-23(33)20-14-28-32(22(19)20)15-17-4-6-25(26,27)7-5-17/h12-14,17H,3-11,15H2,1-2H3,(H,29,33). The molecule has 1 aliphatic heterocycles. The van der Waals surface area contributed by atoms with Crippen molar-refractivity contribution in [3.8, 4) is 0 Å². The minimum Gasteiger partial charge on any atom is -0.336 e. The summed E-state index contributed by atoms with van der Waals surface area (Å²) in [5, 5.41) is 5.66. The summed E-state index contributed by atoms with van der Waals surface area (Å²) in [7, 11) is 0. The zero-order valence-electron chi connectivity index (χ0n) is 19.7. The Hall–Kier alpha value is -2.81. The number of likely N-dealkylation sites (N-methyl/N-ethyl adjacent to an activating group) is 1. The van der Waals surface area contributed by atoms with Gasteiger partial charge in [0.2, 0.25) is 5.92 Å². The summed E-state index contributed by atoms with van der Waals surface area (Å²) < 4.78 is 29.0. The predicted octanol–water partition coefficient (Wildman–Crippen LogP) is 3.79. The van der Waals surface area contributed by atoms with Crippen LogP contribution in [0.15, 0.2) is 23.1 Å². The van der Waals surface area contributed by atoms with E-state index in [1.807, 2.05) is 24.0 Å². The number of amides is 1. The van der Waals surface area contributed by atoms with Gasteiger partial charge in [0.1, 0.15) is 0 Å². The van der Waals surface area contributed by atoms with Gasteiger partial charge in [0, 0.05) is 56.5 Å². The number of fused-ring (bicyclic) bond motifs is 3. The van der Waals surface area contributed by atoms with Gasteiger partial charge in [-0.05, 0) is 49.9 Å². The average molecular weight is 472 g/mol. The summed E-state index contributed by atoms with van der Waals surface area (Å²) in [5.74, 6) is -2.50. The molecule has 3 heterocycles. The molecule has 0 bridgehead atoms. The van der Waals surface area contributed by atoms with Gasteiger partial charge in [-0.2, -0.15) is 5.10 Å². The smallest absolute Gasteiger partial charge is 0.259 e. The number of carbonyl (C=O) groups is 1. The summed E-state index contributed by atoms with van der Waals surface area (Å²) >= 11 is 0. The van der Waals surface area contributed by atoms with E-state index >= 15 is 0 Å². The molecule has 3 aromatic rings. The van der Waals surface area contributed by atoms with E-state index in [0.717, 1.165) is 30.6 Å². The summed E-state index contributed by atoms with van der Waals surface area (Å²) in [6, 6.07) is 3.72. The highest BCUT2D eigenvalue weighted by molar-refractivity contribution is 6.07. The first-order chi connectivity index (χ1) is 16.3. The van der Waals surface area contributed by atoms with Gasteiger partial charge in [0.15, 0.2) is 0 Å². The van der Waals surface area contributed by atoms with Crippen molar-refractivity contribution in [2.24, 2.45) is 5.92 Å². The summed E-state index contributed by atoms with van der Waals surface area (Å²) in [4.78, 5) is 33.3. The molecule has 7 nitrogen and oxygen atoms in total. The number of aromatic amines is 1. The molecule has 34 heavy (non-hydrogen) atoms. The lowest BCUT2D eigenvalue weighted by Crippen LogP contribution is -2.48. The molecule has 9 heteroatoms. The highest BCUT2D eigenvalue weighted by atomic mass is 19.3. The lowest BCUT2D eigenvalue weighted by atomic mass is 9.87. The van der Waals surface area contributed by atoms with Gasteiger partial charge in [0.25, 0.3) is 11.5 Å². The Morgan fingerprint density at radius 2 is 1.85 bits per heavy atom. The SMILES string of the molecule is CCN1CCN(C(=O)c2cc3c(cc2C)[nH]c(=O)c2cnn(CC4CCC(F)(F)CC4)c23)CC1. The van der Waals surface area contributed by atoms with Crippen LogP contribution in [0.4, 0.5) is 8.78 Å². The number of rotatable bonds is 4. The summed E-state index contributed by atoms with van der Waals surface area (Å²) in [6.07, 6.45) is 2.18. The lowest BCUT2D eigenvalue weighted by molar-refractivity contribution is -0.0475. The van der Waals surface area contributed by atoms with Crippen LogP contribution in [-0.2, 0) is 6.54 Å². The lowest BCUT2D eigenvalue weighted by Gasteiger charge is -2.34. The van der Waals surface area contributed by atoms with Gasteiger partial charge < -0.3 is 14.8 Å². The van der Waals surface area contributed by atoms with E-state index in [9.17, 15) is 18.4 Å². The molecule has 0 spiro atoms. The van der Waals surface area contributed by atoms with Crippen LogP contribution in [0.3, 0.4) is 0 Å². The first-order valence-electron chi connectivity index (χ1n) is 12.2. The van der Waals surface area contributed by atoms with Crippen molar-refractivity contribution in [2.75, 3.05) is 32.7 Å². The number of H-pyrrole nitrogens is 1. The zero-order chi connectivity index (χ0) is 24.0. The third-order valence-corrected chi connectivity index (χ3v) is 7.56. The highest BCUT2D eigenvalue weighted by Crippen LogP contribution is 2.37. The molecule has 2 fully saturated rings. The van der Waals surface area contributed by atoms with Crippen LogP contribution in [0.2, 0.25) is 0 Å². The number of carbonyl (C=O) groups excluding carboxylic acids is 1. The van der Waals surface area contributed by atoms with E-state index in [1.54, 1.807) is 4.68 Å². The minimum atomic E-state index is -2.58. The zero-order valence-corrected chi connectivity index (χ0v) is 19.7. The molecular formula is C25H31F2N5O2. The third kappa shape index (κ3) is 4.21. The molecule has 0 atom stereocenters.